The smallest absolute Gasteiger partial charge is 0.414 e. The van der Waals surface area contributed by atoms with Gasteiger partial charge in [0.05, 0.1) is 63.1 Å². The van der Waals surface area contributed by atoms with E-state index < -0.39 is 35.6 Å². The van der Waals surface area contributed by atoms with E-state index in [9.17, 15) is 28.0 Å². The van der Waals surface area contributed by atoms with Crippen LogP contribution in [-0.2, 0) is 9.47 Å². The molecule has 2 atom stereocenters. The predicted molar refractivity (Wildman–Crippen MR) is 210 cm³/mol. The van der Waals surface area contributed by atoms with Gasteiger partial charge in [0.15, 0.2) is 10.3 Å². The third-order valence-electron chi connectivity index (χ3n) is 9.01. The molecule has 0 aliphatic carbocycles. The zero-order chi connectivity index (χ0) is 39.5. The molecule has 8 rings (SSSR count). The molecule has 2 aromatic heterocycles. The number of carbonyl (C=O) groups excluding carboxylic acids is 4. The second-order valence-corrected chi connectivity index (χ2v) is 14.7. The van der Waals surface area contributed by atoms with Crippen molar-refractivity contribution in [2.24, 2.45) is 0 Å². The molecule has 0 saturated carbocycles. The number of thiazole rings is 2. The van der Waals surface area contributed by atoms with Crippen molar-refractivity contribution in [2.75, 3.05) is 40.6 Å². The van der Waals surface area contributed by atoms with Gasteiger partial charge in [-0.1, -0.05) is 48.7 Å². The van der Waals surface area contributed by atoms with Gasteiger partial charge in [0.2, 0.25) is 0 Å². The summed E-state index contributed by atoms with van der Waals surface area (Å²) in [4.78, 5) is 60.1. The monoisotopic (exact) mass is 800 g/mol. The molecule has 56 heavy (non-hydrogen) atoms. The molecule has 0 bridgehead atoms. The Morgan fingerprint density at radius 1 is 0.732 bits per heavy atom. The summed E-state index contributed by atoms with van der Waals surface area (Å²) in [5.41, 5.74) is 1.95. The first-order chi connectivity index (χ1) is 27.0. The molecular formula is C39H34F2N6O7S2. The molecule has 2 N–H and O–H groups in total. The van der Waals surface area contributed by atoms with E-state index in [0.29, 0.717) is 58.8 Å². The lowest BCUT2D eigenvalue weighted by Gasteiger charge is -2.14. The van der Waals surface area contributed by atoms with Crippen LogP contribution in [0.1, 0.15) is 47.4 Å². The minimum absolute atomic E-state index is 0.113. The first-order valence-electron chi connectivity index (χ1n) is 17.5. The number of carbonyl (C=O) groups is 4. The van der Waals surface area contributed by atoms with Crippen molar-refractivity contribution >= 4 is 88.7 Å². The number of amides is 4. The number of ether oxygens (including phenoxy) is 3. The average molecular weight is 801 g/mol. The van der Waals surface area contributed by atoms with E-state index in [4.69, 9.17) is 14.2 Å². The number of para-hydroxylation sites is 1. The molecule has 0 radical (unpaired) electrons. The van der Waals surface area contributed by atoms with Crippen LogP contribution in [0.4, 0.5) is 40.0 Å². The Morgan fingerprint density at radius 3 is 1.70 bits per heavy atom. The first kappa shape index (κ1) is 38.1. The maximum absolute atomic E-state index is 14.6. The number of cyclic esters (lactones) is 2. The Bertz CT molecular complexity index is 2440. The fourth-order valence-corrected chi connectivity index (χ4v) is 7.69. The lowest BCUT2D eigenvalue weighted by atomic mass is 10.1. The predicted octanol–water partition coefficient (Wildman–Crippen LogP) is 8.85. The fourth-order valence-electron chi connectivity index (χ4n) is 5.94. The van der Waals surface area contributed by atoms with Crippen LogP contribution in [0, 0.1) is 11.6 Å². The molecule has 6 aromatic rings. The number of benzene rings is 4. The summed E-state index contributed by atoms with van der Waals surface area (Å²) in [6.07, 6.45) is -0.0767. The normalized spacial score (nSPS) is 16.4. The molecule has 2 aliphatic rings. The van der Waals surface area contributed by atoms with E-state index in [-0.39, 0.29) is 23.3 Å². The van der Waals surface area contributed by atoms with E-state index in [0.717, 1.165) is 21.0 Å². The van der Waals surface area contributed by atoms with Crippen molar-refractivity contribution in [1.29, 1.82) is 0 Å². The maximum atomic E-state index is 14.6. The van der Waals surface area contributed by atoms with Crippen molar-refractivity contribution in [2.45, 2.75) is 38.9 Å². The molecule has 17 heteroatoms. The van der Waals surface area contributed by atoms with Crippen molar-refractivity contribution in [3.8, 4) is 5.75 Å². The number of rotatable bonds is 9. The lowest BCUT2D eigenvalue weighted by molar-refractivity contribution is 0.101. The summed E-state index contributed by atoms with van der Waals surface area (Å²) in [5, 5.41) is 6.01. The zero-order valence-corrected chi connectivity index (χ0v) is 31.8. The number of methoxy groups -OCH3 is 1. The number of hydrogen-bond acceptors (Lipinski definition) is 11. The fraction of sp³-hybridized carbons (Fsp3) is 0.231. The average Bonchev–Trinajstić information content (AvgIpc) is 3.98. The molecule has 2 aliphatic heterocycles. The van der Waals surface area contributed by atoms with Crippen molar-refractivity contribution < 1.29 is 42.2 Å². The van der Waals surface area contributed by atoms with E-state index in [1.54, 1.807) is 19.2 Å². The minimum Gasteiger partial charge on any atom is -0.497 e. The van der Waals surface area contributed by atoms with Crippen LogP contribution >= 0.6 is 22.7 Å². The van der Waals surface area contributed by atoms with Gasteiger partial charge in [-0.25, -0.2) is 28.3 Å². The van der Waals surface area contributed by atoms with Gasteiger partial charge in [0.1, 0.15) is 29.6 Å². The lowest BCUT2D eigenvalue weighted by Crippen LogP contribution is -2.25. The number of halogens is 2. The summed E-state index contributed by atoms with van der Waals surface area (Å²) in [6, 6.07) is 21.0. The highest BCUT2D eigenvalue weighted by atomic mass is 32.1. The number of nitrogens with one attached hydrogen (secondary N) is 2. The quantitative estimate of drug-likeness (QED) is 0.146. The molecule has 13 nitrogen and oxygen atoms in total. The molecule has 2 saturated heterocycles. The van der Waals surface area contributed by atoms with Crippen LogP contribution in [0.2, 0.25) is 0 Å². The molecule has 4 amide bonds. The van der Waals surface area contributed by atoms with Gasteiger partial charge >= 0.3 is 12.2 Å². The summed E-state index contributed by atoms with van der Waals surface area (Å²) in [5.74, 6) is -1.95. The molecule has 2 fully saturated rings. The third kappa shape index (κ3) is 8.08. The van der Waals surface area contributed by atoms with Gasteiger partial charge in [-0.3, -0.25) is 30.0 Å². The number of hydrogen-bond donors (Lipinski definition) is 2. The van der Waals surface area contributed by atoms with Crippen LogP contribution in [0.5, 0.6) is 5.75 Å². The Balaban J connectivity index is 0.000000172. The zero-order valence-electron chi connectivity index (χ0n) is 30.2. The number of nitrogens with zero attached hydrogens (tertiary/aromatic N) is 4. The first-order valence-corrected chi connectivity index (χ1v) is 19.1. The summed E-state index contributed by atoms with van der Waals surface area (Å²) in [6.45, 7) is 4.55. The van der Waals surface area contributed by atoms with Gasteiger partial charge in [0.25, 0.3) is 11.8 Å². The van der Waals surface area contributed by atoms with Crippen LogP contribution in [0.3, 0.4) is 0 Å². The van der Waals surface area contributed by atoms with Crippen molar-refractivity contribution in [3.63, 3.8) is 0 Å². The highest BCUT2D eigenvalue weighted by molar-refractivity contribution is 7.22. The number of anilines is 4. The standard InChI is InChI=1S/C20H18FN3O4S.C19H16FN3O3S/c1-3-12-10-24(20(26)28-12)11-4-6-14(15(21)8-11)18(25)23-19-22-16-7-5-13(27-2)9-17(16)29-19;1-2-12-10-23(19(25)26-12)11-7-8-13(14(20)9-11)17(24)22-18-21-15-5-3-4-6-16(15)27-18/h4-9,12H,3,10H2,1-2H3,(H,22,23,25);3-9,12H,2,10H2,1H3,(H,21,22,24)/t2*12-/m00/s1. The highest BCUT2D eigenvalue weighted by Gasteiger charge is 2.33. The van der Waals surface area contributed by atoms with E-state index in [2.05, 4.69) is 20.6 Å². The van der Waals surface area contributed by atoms with E-state index in [1.807, 2.05) is 44.2 Å². The second kappa shape index (κ2) is 16.3. The molecule has 4 aromatic carbocycles. The van der Waals surface area contributed by atoms with Crippen LogP contribution in [-0.4, -0.2) is 66.4 Å². The maximum Gasteiger partial charge on any atom is 0.414 e. The van der Waals surface area contributed by atoms with Gasteiger partial charge in [-0.15, -0.1) is 0 Å². The van der Waals surface area contributed by atoms with Crippen LogP contribution < -0.4 is 25.2 Å². The Kier molecular flexibility index (Phi) is 11.1. The Hall–Kier alpha value is -6.20. The Labute approximate surface area is 326 Å². The van der Waals surface area contributed by atoms with Crippen molar-refractivity contribution in [1.82, 2.24) is 9.97 Å². The largest absolute Gasteiger partial charge is 0.497 e. The summed E-state index contributed by atoms with van der Waals surface area (Å²) in [7, 11) is 1.57. The third-order valence-corrected chi connectivity index (χ3v) is 10.9. The van der Waals surface area contributed by atoms with Crippen molar-refractivity contribution in [3.05, 3.63) is 102 Å². The topological polar surface area (TPSA) is 152 Å². The van der Waals surface area contributed by atoms with Gasteiger partial charge in [-0.2, -0.15) is 0 Å². The summed E-state index contributed by atoms with van der Waals surface area (Å²) >= 11 is 2.59. The SMILES string of the molecule is CC[C@H]1CN(c2ccc(C(=O)Nc3nc4ccc(OC)cc4s3)c(F)c2)C(=O)O1.CC[C@H]1CN(c2ccc(C(=O)Nc3nc4ccccc4s3)c(F)c2)C(=O)O1. The van der Waals surface area contributed by atoms with Gasteiger partial charge < -0.3 is 14.2 Å². The number of fused-ring (bicyclic) bond motifs is 2. The van der Waals surface area contributed by atoms with Crippen LogP contribution in [0.25, 0.3) is 20.4 Å². The van der Waals surface area contributed by atoms with E-state index in [1.165, 1.54) is 62.8 Å². The van der Waals surface area contributed by atoms with Crippen LogP contribution in [0.15, 0.2) is 78.9 Å². The highest BCUT2D eigenvalue weighted by Crippen LogP contribution is 2.31. The second-order valence-electron chi connectivity index (χ2n) is 12.6. The molecule has 0 spiro atoms. The molecular weight excluding hydrogens is 767 g/mol. The Morgan fingerprint density at radius 2 is 1.23 bits per heavy atom. The molecule has 4 heterocycles. The minimum atomic E-state index is -0.726. The summed E-state index contributed by atoms with van der Waals surface area (Å²) < 4.78 is 46.4. The van der Waals surface area contributed by atoms with Gasteiger partial charge in [-0.05, 0) is 79.6 Å². The van der Waals surface area contributed by atoms with E-state index >= 15 is 0 Å². The van der Waals surface area contributed by atoms with Gasteiger partial charge in [0, 0.05) is 0 Å². The number of aromatic nitrogens is 2. The molecule has 288 valence electrons. The molecule has 0 unspecified atom stereocenters.